The lowest BCUT2D eigenvalue weighted by Gasteiger charge is -2.14. The largest absolute Gasteiger partial charge is 0.321 e. The predicted molar refractivity (Wildman–Crippen MR) is 98.9 cm³/mol. The zero-order chi connectivity index (χ0) is 18.1. The maximum Gasteiger partial charge on any atom is 0.255 e. The van der Waals surface area contributed by atoms with E-state index >= 15 is 0 Å². The number of hydrogen-bond acceptors (Lipinski definition) is 2. The molecule has 0 radical (unpaired) electrons. The van der Waals surface area contributed by atoms with Crippen molar-refractivity contribution in [1.82, 2.24) is 0 Å². The Morgan fingerprint density at radius 1 is 0.923 bits per heavy atom. The molecule has 1 aliphatic rings. The van der Waals surface area contributed by atoms with E-state index < -0.39 is 11.7 Å². The first-order chi connectivity index (χ1) is 12.6. The molecule has 0 heterocycles. The maximum atomic E-state index is 13.4. The van der Waals surface area contributed by atoms with E-state index in [2.05, 4.69) is 5.32 Å². The average Bonchev–Trinajstić information content (AvgIpc) is 3.05. The van der Waals surface area contributed by atoms with Crippen molar-refractivity contribution in [2.24, 2.45) is 0 Å². The van der Waals surface area contributed by atoms with E-state index in [1.165, 1.54) is 18.2 Å². The number of ketones is 1. The molecule has 26 heavy (non-hydrogen) atoms. The van der Waals surface area contributed by atoms with Crippen molar-refractivity contribution in [1.29, 1.82) is 0 Å². The minimum absolute atomic E-state index is 0.0207. The lowest BCUT2D eigenvalue weighted by atomic mass is 9.95. The van der Waals surface area contributed by atoms with Gasteiger partial charge in [0.1, 0.15) is 5.82 Å². The van der Waals surface area contributed by atoms with Crippen LogP contribution in [0.3, 0.4) is 0 Å². The van der Waals surface area contributed by atoms with Gasteiger partial charge in [0, 0.05) is 17.5 Å². The van der Waals surface area contributed by atoms with E-state index in [1.54, 1.807) is 12.1 Å². The second kappa shape index (κ2) is 6.56. The molecule has 0 aliphatic heterocycles. The minimum Gasteiger partial charge on any atom is -0.321 e. The van der Waals surface area contributed by atoms with E-state index in [0.717, 1.165) is 16.7 Å². The van der Waals surface area contributed by atoms with Crippen LogP contribution in [0.15, 0.2) is 66.7 Å². The standard InChI is InChI=1S/C22H16FNO2/c23-16-8-4-7-15(13-16)22(26)24-19-11-9-17(14-5-2-1-3-6-14)18-10-12-20(25)21(18)19/h1-9,11,13H,10,12H2,(H,24,26). The fraction of sp³-hybridized carbons (Fsp3) is 0.0909. The summed E-state index contributed by atoms with van der Waals surface area (Å²) in [5, 5.41) is 2.77. The van der Waals surface area contributed by atoms with E-state index in [9.17, 15) is 14.0 Å². The second-order valence-corrected chi connectivity index (χ2v) is 6.27. The molecule has 0 atom stereocenters. The Balaban J connectivity index is 1.73. The summed E-state index contributed by atoms with van der Waals surface area (Å²) in [6, 6.07) is 19.0. The smallest absolute Gasteiger partial charge is 0.255 e. The SMILES string of the molecule is O=C(Nc1ccc(-c2ccccc2)c2c1C(=O)CC2)c1cccc(F)c1. The van der Waals surface area contributed by atoms with Gasteiger partial charge in [-0.2, -0.15) is 0 Å². The predicted octanol–water partition coefficient (Wildman–Crippen LogP) is 4.87. The Morgan fingerprint density at radius 3 is 2.50 bits per heavy atom. The topological polar surface area (TPSA) is 46.2 Å². The van der Waals surface area contributed by atoms with Gasteiger partial charge in [-0.3, -0.25) is 9.59 Å². The van der Waals surface area contributed by atoms with Crippen LogP contribution >= 0.6 is 0 Å². The van der Waals surface area contributed by atoms with Crippen molar-refractivity contribution in [3.63, 3.8) is 0 Å². The first-order valence-electron chi connectivity index (χ1n) is 8.45. The van der Waals surface area contributed by atoms with Gasteiger partial charge >= 0.3 is 0 Å². The van der Waals surface area contributed by atoms with Crippen LogP contribution in [0.5, 0.6) is 0 Å². The van der Waals surface area contributed by atoms with E-state index in [4.69, 9.17) is 0 Å². The van der Waals surface area contributed by atoms with Crippen molar-refractivity contribution < 1.29 is 14.0 Å². The molecule has 4 rings (SSSR count). The molecule has 0 saturated carbocycles. The quantitative estimate of drug-likeness (QED) is 0.736. The second-order valence-electron chi connectivity index (χ2n) is 6.27. The molecule has 0 aromatic heterocycles. The van der Waals surface area contributed by atoms with Crippen molar-refractivity contribution >= 4 is 17.4 Å². The van der Waals surface area contributed by atoms with Gasteiger partial charge in [0.05, 0.1) is 5.69 Å². The minimum atomic E-state index is -0.474. The number of Topliss-reactive ketones (excluding diaryl/α,β-unsaturated/α-hetero) is 1. The molecule has 1 amide bonds. The molecule has 4 heteroatoms. The van der Waals surface area contributed by atoms with Crippen molar-refractivity contribution in [3.05, 3.63) is 89.2 Å². The Labute approximate surface area is 150 Å². The zero-order valence-electron chi connectivity index (χ0n) is 14.0. The molecule has 3 aromatic carbocycles. The number of anilines is 1. The summed E-state index contributed by atoms with van der Waals surface area (Å²) in [6.45, 7) is 0. The third kappa shape index (κ3) is 2.90. The molecule has 3 nitrogen and oxygen atoms in total. The highest BCUT2D eigenvalue weighted by atomic mass is 19.1. The van der Waals surface area contributed by atoms with Gasteiger partial charge in [-0.25, -0.2) is 4.39 Å². The first-order valence-corrected chi connectivity index (χ1v) is 8.45. The number of fused-ring (bicyclic) bond motifs is 1. The van der Waals surface area contributed by atoms with Crippen LogP contribution in [-0.4, -0.2) is 11.7 Å². The number of rotatable bonds is 3. The summed E-state index contributed by atoms with van der Waals surface area (Å²) in [4.78, 5) is 24.9. The van der Waals surface area contributed by atoms with E-state index in [1.807, 2.05) is 36.4 Å². The fourth-order valence-electron chi connectivity index (χ4n) is 3.41. The molecule has 1 aliphatic carbocycles. The molecule has 0 unspecified atom stereocenters. The highest BCUT2D eigenvalue weighted by molar-refractivity contribution is 6.12. The molecular formula is C22H16FNO2. The van der Waals surface area contributed by atoms with Crippen LogP contribution in [0, 0.1) is 5.82 Å². The van der Waals surface area contributed by atoms with Crippen molar-refractivity contribution in [2.75, 3.05) is 5.32 Å². The van der Waals surface area contributed by atoms with Crippen LogP contribution in [0.4, 0.5) is 10.1 Å². The summed E-state index contributed by atoms with van der Waals surface area (Å²) < 4.78 is 13.4. The highest BCUT2D eigenvalue weighted by Crippen LogP contribution is 2.37. The van der Waals surface area contributed by atoms with Gasteiger partial charge in [-0.1, -0.05) is 42.5 Å². The van der Waals surface area contributed by atoms with Gasteiger partial charge in [-0.15, -0.1) is 0 Å². The summed E-state index contributed by atoms with van der Waals surface area (Å²) in [7, 11) is 0. The number of halogens is 1. The number of carbonyl (C=O) groups excluding carboxylic acids is 2. The number of nitrogens with one attached hydrogen (secondary N) is 1. The zero-order valence-corrected chi connectivity index (χ0v) is 14.0. The Hall–Kier alpha value is -3.27. The fourth-order valence-corrected chi connectivity index (χ4v) is 3.41. The number of amides is 1. The van der Waals surface area contributed by atoms with Gasteiger partial charge in [-0.05, 0) is 47.4 Å². The summed E-state index contributed by atoms with van der Waals surface area (Å²) in [5.41, 5.74) is 4.28. The van der Waals surface area contributed by atoms with Crippen molar-refractivity contribution in [2.45, 2.75) is 12.8 Å². The Kier molecular flexibility index (Phi) is 4.09. The Bertz CT molecular complexity index is 1010. The lowest BCUT2D eigenvalue weighted by Crippen LogP contribution is -2.14. The monoisotopic (exact) mass is 345 g/mol. The summed E-state index contributed by atoms with van der Waals surface area (Å²) >= 11 is 0. The molecule has 0 saturated heterocycles. The maximum absolute atomic E-state index is 13.4. The van der Waals surface area contributed by atoms with Gasteiger partial charge in [0.15, 0.2) is 5.78 Å². The van der Waals surface area contributed by atoms with Crippen LogP contribution in [0.2, 0.25) is 0 Å². The van der Waals surface area contributed by atoms with Crippen LogP contribution in [0.25, 0.3) is 11.1 Å². The van der Waals surface area contributed by atoms with Crippen LogP contribution < -0.4 is 5.32 Å². The van der Waals surface area contributed by atoms with E-state index in [0.29, 0.717) is 24.1 Å². The molecule has 128 valence electrons. The molecule has 0 fully saturated rings. The van der Waals surface area contributed by atoms with Gasteiger partial charge in [0.2, 0.25) is 0 Å². The van der Waals surface area contributed by atoms with E-state index in [-0.39, 0.29) is 11.3 Å². The van der Waals surface area contributed by atoms with Gasteiger partial charge < -0.3 is 5.32 Å². The number of hydrogen-bond donors (Lipinski definition) is 1. The average molecular weight is 345 g/mol. The third-order valence-corrected chi connectivity index (χ3v) is 4.61. The van der Waals surface area contributed by atoms with Crippen LogP contribution in [-0.2, 0) is 6.42 Å². The molecule has 0 spiro atoms. The lowest BCUT2D eigenvalue weighted by molar-refractivity contribution is 0.0995. The van der Waals surface area contributed by atoms with Crippen LogP contribution in [0.1, 0.15) is 32.7 Å². The highest BCUT2D eigenvalue weighted by Gasteiger charge is 2.27. The molecule has 1 N–H and O–H groups in total. The normalized spacial score (nSPS) is 12.7. The van der Waals surface area contributed by atoms with Gasteiger partial charge in [0.25, 0.3) is 5.91 Å². The third-order valence-electron chi connectivity index (χ3n) is 4.61. The summed E-state index contributed by atoms with van der Waals surface area (Å²) in [6.07, 6.45) is 1.09. The molecular weight excluding hydrogens is 329 g/mol. The summed E-state index contributed by atoms with van der Waals surface area (Å²) in [5.74, 6) is -0.885. The number of carbonyl (C=O) groups is 2. The Morgan fingerprint density at radius 2 is 1.73 bits per heavy atom. The number of benzene rings is 3. The molecule has 3 aromatic rings. The van der Waals surface area contributed by atoms with Crippen molar-refractivity contribution in [3.8, 4) is 11.1 Å². The first kappa shape index (κ1) is 16.2. The molecule has 0 bridgehead atoms.